The van der Waals surface area contributed by atoms with Gasteiger partial charge in [0.05, 0.1) is 6.33 Å². The SMILES string of the molecule is Cn1cnc(S(=O)(=O)NC/C=C/CCl)c1. The molecule has 7 heteroatoms. The standard InChI is InChI=1S/C8H12ClN3O2S/c1-12-6-8(10-7-12)15(13,14)11-5-3-2-4-9/h2-3,6-7,11H,4-5H2,1H3/b3-2+. The van der Waals surface area contributed by atoms with Crippen molar-refractivity contribution in [1.29, 1.82) is 0 Å². The highest BCUT2D eigenvalue weighted by molar-refractivity contribution is 7.89. The van der Waals surface area contributed by atoms with Crippen molar-refractivity contribution in [1.82, 2.24) is 14.3 Å². The molecule has 0 atom stereocenters. The number of sulfonamides is 1. The minimum atomic E-state index is -3.50. The van der Waals surface area contributed by atoms with Crippen LogP contribution in [-0.4, -0.2) is 30.4 Å². The molecule has 1 heterocycles. The van der Waals surface area contributed by atoms with E-state index in [0.717, 1.165) is 0 Å². The maximum absolute atomic E-state index is 11.6. The van der Waals surface area contributed by atoms with Gasteiger partial charge in [-0.3, -0.25) is 0 Å². The van der Waals surface area contributed by atoms with Crippen molar-refractivity contribution in [2.75, 3.05) is 12.4 Å². The third-order valence-electron chi connectivity index (χ3n) is 1.60. The highest BCUT2D eigenvalue weighted by atomic mass is 35.5. The smallest absolute Gasteiger partial charge is 0.259 e. The summed E-state index contributed by atoms with van der Waals surface area (Å²) >= 11 is 5.39. The van der Waals surface area contributed by atoms with Crippen LogP contribution in [0.15, 0.2) is 29.7 Å². The van der Waals surface area contributed by atoms with Gasteiger partial charge in [-0.25, -0.2) is 18.1 Å². The second-order valence-electron chi connectivity index (χ2n) is 2.85. The second-order valence-corrected chi connectivity index (χ2v) is 4.88. The van der Waals surface area contributed by atoms with Crippen molar-refractivity contribution in [3.8, 4) is 0 Å². The van der Waals surface area contributed by atoms with Crippen LogP contribution >= 0.6 is 11.6 Å². The molecule has 0 aliphatic heterocycles. The van der Waals surface area contributed by atoms with Gasteiger partial charge in [-0.1, -0.05) is 12.2 Å². The lowest BCUT2D eigenvalue weighted by atomic mass is 10.5. The zero-order valence-electron chi connectivity index (χ0n) is 8.22. The molecule has 0 aromatic carbocycles. The van der Waals surface area contributed by atoms with E-state index in [9.17, 15) is 8.42 Å². The number of nitrogens with one attached hydrogen (secondary N) is 1. The van der Waals surface area contributed by atoms with Gasteiger partial charge in [0.15, 0.2) is 5.03 Å². The molecule has 0 saturated carbocycles. The number of nitrogens with zero attached hydrogens (tertiary/aromatic N) is 2. The molecule has 1 aromatic heterocycles. The maximum atomic E-state index is 11.6. The second kappa shape index (κ2) is 5.29. The largest absolute Gasteiger partial charge is 0.339 e. The Morgan fingerprint density at radius 3 is 2.87 bits per heavy atom. The van der Waals surface area contributed by atoms with Gasteiger partial charge in [0, 0.05) is 25.7 Å². The van der Waals surface area contributed by atoms with Crippen molar-refractivity contribution in [3.05, 3.63) is 24.7 Å². The number of rotatable bonds is 5. The molecule has 0 bridgehead atoms. The molecule has 0 fully saturated rings. The molecule has 0 spiro atoms. The fourth-order valence-electron chi connectivity index (χ4n) is 0.906. The lowest BCUT2D eigenvalue weighted by molar-refractivity contribution is 0.582. The molecule has 84 valence electrons. The van der Waals surface area contributed by atoms with Gasteiger partial charge in [-0.2, -0.15) is 0 Å². The van der Waals surface area contributed by atoms with Crippen LogP contribution in [-0.2, 0) is 17.1 Å². The van der Waals surface area contributed by atoms with Gasteiger partial charge >= 0.3 is 0 Å². The summed E-state index contributed by atoms with van der Waals surface area (Å²) < 4.78 is 27.1. The van der Waals surface area contributed by atoms with Gasteiger partial charge in [0.25, 0.3) is 10.0 Å². The number of aromatic nitrogens is 2. The average Bonchev–Trinajstić information content (AvgIpc) is 2.60. The van der Waals surface area contributed by atoms with Gasteiger partial charge in [0.1, 0.15) is 0 Å². The number of imidazole rings is 1. The van der Waals surface area contributed by atoms with E-state index in [1.165, 1.54) is 12.5 Å². The number of alkyl halides is 1. The van der Waals surface area contributed by atoms with E-state index >= 15 is 0 Å². The third-order valence-corrected chi connectivity index (χ3v) is 3.09. The third kappa shape index (κ3) is 3.65. The Kier molecular flexibility index (Phi) is 4.31. The van der Waals surface area contributed by atoms with E-state index in [0.29, 0.717) is 5.88 Å². The first-order chi connectivity index (χ1) is 7.06. The van der Waals surface area contributed by atoms with Crippen LogP contribution in [0.5, 0.6) is 0 Å². The van der Waals surface area contributed by atoms with E-state index in [-0.39, 0.29) is 11.6 Å². The summed E-state index contributed by atoms with van der Waals surface area (Å²) in [6, 6.07) is 0. The topological polar surface area (TPSA) is 64.0 Å². The molecular formula is C8H12ClN3O2S. The summed E-state index contributed by atoms with van der Waals surface area (Å²) in [4.78, 5) is 3.75. The molecule has 1 N–H and O–H groups in total. The van der Waals surface area contributed by atoms with Crippen molar-refractivity contribution in [3.63, 3.8) is 0 Å². The van der Waals surface area contributed by atoms with Gasteiger partial charge in [-0.05, 0) is 0 Å². The summed E-state index contributed by atoms with van der Waals surface area (Å²) in [6.45, 7) is 0.214. The Morgan fingerprint density at radius 2 is 2.33 bits per heavy atom. The predicted octanol–water partition coefficient (Wildman–Crippen LogP) is 0.493. The molecule has 0 saturated heterocycles. The minimum Gasteiger partial charge on any atom is -0.339 e. The average molecular weight is 250 g/mol. The van der Waals surface area contributed by atoms with E-state index < -0.39 is 10.0 Å². The van der Waals surface area contributed by atoms with Gasteiger partial charge in [0.2, 0.25) is 0 Å². The summed E-state index contributed by atoms with van der Waals surface area (Å²) in [5, 5.41) is 0.0178. The molecule has 1 aromatic rings. The number of aryl methyl sites for hydroxylation is 1. The monoisotopic (exact) mass is 249 g/mol. The fraction of sp³-hybridized carbons (Fsp3) is 0.375. The summed E-state index contributed by atoms with van der Waals surface area (Å²) in [5.41, 5.74) is 0. The van der Waals surface area contributed by atoms with Crippen molar-refractivity contribution in [2.24, 2.45) is 7.05 Å². The van der Waals surface area contributed by atoms with E-state index in [1.54, 1.807) is 23.8 Å². The molecule has 0 amide bonds. The quantitative estimate of drug-likeness (QED) is 0.610. The Labute approximate surface area is 93.8 Å². The number of halogens is 1. The number of allylic oxidation sites excluding steroid dienone is 1. The first kappa shape index (κ1) is 12.2. The summed E-state index contributed by atoms with van der Waals surface area (Å²) in [5.74, 6) is 0.366. The molecule has 1 rings (SSSR count). The first-order valence-corrected chi connectivity index (χ1v) is 6.26. The predicted molar refractivity (Wildman–Crippen MR) is 58.3 cm³/mol. The normalized spacial score (nSPS) is 12.4. The summed E-state index contributed by atoms with van der Waals surface area (Å²) in [7, 11) is -1.79. The van der Waals surface area contributed by atoms with Crippen LogP contribution in [0.25, 0.3) is 0 Å². The van der Waals surface area contributed by atoms with Crippen molar-refractivity contribution < 1.29 is 8.42 Å². The molecular weight excluding hydrogens is 238 g/mol. The van der Waals surface area contributed by atoms with Crippen LogP contribution in [0.1, 0.15) is 0 Å². The van der Waals surface area contributed by atoms with Crippen LogP contribution < -0.4 is 4.72 Å². The Morgan fingerprint density at radius 1 is 1.60 bits per heavy atom. The molecule has 0 aliphatic carbocycles. The Hall–Kier alpha value is -0.850. The van der Waals surface area contributed by atoms with E-state index in [2.05, 4.69) is 9.71 Å². The van der Waals surface area contributed by atoms with Crippen LogP contribution in [0.2, 0.25) is 0 Å². The summed E-state index contributed by atoms with van der Waals surface area (Å²) in [6.07, 6.45) is 6.19. The number of hydrogen-bond donors (Lipinski definition) is 1. The molecule has 15 heavy (non-hydrogen) atoms. The Bertz CT molecular complexity index is 438. The van der Waals surface area contributed by atoms with Crippen LogP contribution in [0.3, 0.4) is 0 Å². The van der Waals surface area contributed by atoms with Crippen LogP contribution in [0, 0.1) is 0 Å². The lowest BCUT2D eigenvalue weighted by Gasteiger charge is -1.99. The zero-order valence-corrected chi connectivity index (χ0v) is 9.79. The molecule has 0 radical (unpaired) electrons. The zero-order chi connectivity index (χ0) is 11.3. The van der Waals surface area contributed by atoms with Crippen molar-refractivity contribution in [2.45, 2.75) is 5.03 Å². The van der Waals surface area contributed by atoms with Crippen molar-refractivity contribution >= 4 is 21.6 Å². The van der Waals surface area contributed by atoms with Gasteiger partial charge in [-0.15, -0.1) is 11.6 Å². The van der Waals surface area contributed by atoms with E-state index in [4.69, 9.17) is 11.6 Å². The molecule has 5 nitrogen and oxygen atoms in total. The van der Waals surface area contributed by atoms with E-state index in [1.807, 2.05) is 0 Å². The molecule has 0 unspecified atom stereocenters. The van der Waals surface area contributed by atoms with Gasteiger partial charge < -0.3 is 4.57 Å². The first-order valence-electron chi connectivity index (χ1n) is 4.25. The Balaban J connectivity index is 2.64. The molecule has 0 aliphatic rings. The minimum absolute atomic E-state index is 0.0178. The maximum Gasteiger partial charge on any atom is 0.259 e. The number of hydrogen-bond acceptors (Lipinski definition) is 3. The highest BCUT2D eigenvalue weighted by Crippen LogP contribution is 2.02. The highest BCUT2D eigenvalue weighted by Gasteiger charge is 2.14. The lowest BCUT2D eigenvalue weighted by Crippen LogP contribution is -2.24. The van der Waals surface area contributed by atoms with Crippen LogP contribution in [0.4, 0.5) is 0 Å². The fourth-order valence-corrected chi connectivity index (χ4v) is 1.99.